The maximum Gasteiger partial charge on any atom is 0.191 e. The third-order valence-electron chi connectivity index (χ3n) is 3.03. The smallest absolute Gasteiger partial charge is 0.191 e. The molecule has 0 saturated heterocycles. The van der Waals surface area contributed by atoms with Gasteiger partial charge in [0.05, 0.1) is 10.7 Å². The zero-order valence-corrected chi connectivity index (χ0v) is 17.5. The largest absolute Gasteiger partial charge is 0.356 e. The van der Waals surface area contributed by atoms with E-state index in [0.717, 1.165) is 31.9 Å². The summed E-state index contributed by atoms with van der Waals surface area (Å²) in [7, 11) is 1.81. The van der Waals surface area contributed by atoms with Crippen LogP contribution in [0.15, 0.2) is 10.4 Å². The fourth-order valence-electron chi connectivity index (χ4n) is 1.52. The Morgan fingerprint density at radius 3 is 2.67 bits per heavy atom. The molecule has 0 radical (unpaired) electrons. The molecule has 0 unspecified atom stereocenters. The van der Waals surface area contributed by atoms with Crippen LogP contribution in [0, 0.1) is 0 Å². The van der Waals surface area contributed by atoms with Crippen molar-refractivity contribution in [2.45, 2.75) is 38.4 Å². The molecule has 0 saturated carbocycles. The van der Waals surface area contributed by atoms with E-state index in [1.54, 1.807) is 18.4 Å². The highest BCUT2D eigenvalue weighted by atomic mass is 127. The molecule has 0 atom stereocenters. The van der Waals surface area contributed by atoms with Crippen molar-refractivity contribution < 1.29 is 0 Å². The van der Waals surface area contributed by atoms with Crippen molar-refractivity contribution >= 4 is 53.0 Å². The van der Waals surface area contributed by atoms with Gasteiger partial charge in [-0.25, -0.2) is 4.98 Å². The van der Waals surface area contributed by atoms with E-state index in [1.807, 2.05) is 11.8 Å². The van der Waals surface area contributed by atoms with Crippen LogP contribution < -0.4 is 10.6 Å². The van der Waals surface area contributed by atoms with Crippen LogP contribution >= 0.6 is 47.1 Å². The maximum absolute atomic E-state index is 4.56. The monoisotopic (exact) mass is 442 g/mol. The minimum absolute atomic E-state index is 0. The first-order chi connectivity index (χ1) is 9.50. The van der Waals surface area contributed by atoms with E-state index in [-0.39, 0.29) is 28.7 Å². The lowest BCUT2D eigenvalue weighted by Crippen LogP contribution is -2.43. The second kappa shape index (κ2) is 10.7. The van der Waals surface area contributed by atoms with Crippen molar-refractivity contribution in [3.05, 3.63) is 16.1 Å². The number of halogens is 1. The molecular formula is C14H27IN4S2. The van der Waals surface area contributed by atoms with Crippen LogP contribution in [0.2, 0.25) is 0 Å². The van der Waals surface area contributed by atoms with E-state index in [9.17, 15) is 0 Å². The number of thioether (sulfide) groups is 1. The predicted octanol–water partition coefficient (Wildman–Crippen LogP) is 3.17. The van der Waals surface area contributed by atoms with Gasteiger partial charge in [-0.05, 0) is 26.5 Å². The molecule has 0 aliphatic heterocycles. The van der Waals surface area contributed by atoms with Gasteiger partial charge >= 0.3 is 0 Å². The van der Waals surface area contributed by atoms with E-state index < -0.39 is 0 Å². The molecule has 0 aliphatic carbocycles. The Bertz CT molecular complexity index is 432. The van der Waals surface area contributed by atoms with Crippen molar-refractivity contribution in [1.82, 2.24) is 15.6 Å². The molecule has 7 heteroatoms. The van der Waals surface area contributed by atoms with Gasteiger partial charge in [0.1, 0.15) is 0 Å². The number of rotatable bonds is 7. The van der Waals surface area contributed by atoms with Crippen molar-refractivity contribution in [2.75, 3.05) is 26.4 Å². The number of guanidine groups is 1. The Morgan fingerprint density at radius 1 is 1.43 bits per heavy atom. The number of nitrogens with one attached hydrogen (secondary N) is 2. The molecule has 1 aromatic heterocycles. The Kier molecular flexibility index (Phi) is 10.7. The lowest BCUT2D eigenvalue weighted by Gasteiger charge is -2.23. The average molecular weight is 442 g/mol. The molecule has 2 N–H and O–H groups in total. The van der Waals surface area contributed by atoms with E-state index in [4.69, 9.17) is 0 Å². The molecular weight excluding hydrogens is 415 g/mol. The number of thiazole rings is 1. The van der Waals surface area contributed by atoms with Crippen molar-refractivity contribution in [2.24, 2.45) is 4.99 Å². The first-order valence-corrected chi connectivity index (χ1v) is 9.04. The first-order valence-electron chi connectivity index (χ1n) is 6.93. The Hall–Kier alpha value is -0.0200. The molecule has 0 amide bonds. The quantitative estimate of drug-likeness (QED) is 0.387. The van der Waals surface area contributed by atoms with Crippen molar-refractivity contribution in [3.63, 3.8) is 0 Å². The van der Waals surface area contributed by atoms with Crippen LogP contribution in [-0.4, -0.2) is 42.1 Å². The Balaban J connectivity index is 0.00000400. The molecule has 21 heavy (non-hydrogen) atoms. The zero-order chi connectivity index (χ0) is 15.0. The van der Waals surface area contributed by atoms with Gasteiger partial charge in [0.25, 0.3) is 0 Å². The second-order valence-electron chi connectivity index (χ2n) is 5.15. The average Bonchev–Trinajstić information content (AvgIpc) is 2.90. The van der Waals surface area contributed by atoms with Crippen LogP contribution in [0.25, 0.3) is 0 Å². The van der Waals surface area contributed by atoms with E-state index in [0.29, 0.717) is 0 Å². The molecule has 1 rings (SSSR count). The number of hydrogen-bond acceptors (Lipinski definition) is 4. The SMILES string of the molecule is CCc1nc(CCNC(=NC)NCC(C)(C)SC)cs1.I. The molecule has 0 bridgehead atoms. The van der Waals surface area contributed by atoms with E-state index >= 15 is 0 Å². The number of nitrogens with zero attached hydrogens (tertiary/aromatic N) is 2. The zero-order valence-electron chi connectivity index (χ0n) is 13.5. The number of aryl methyl sites for hydroxylation is 1. The summed E-state index contributed by atoms with van der Waals surface area (Å²) in [5.74, 6) is 0.859. The summed E-state index contributed by atoms with van der Waals surface area (Å²) in [6.45, 7) is 8.33. The van der Waals surface area contributed by atoms with Crippen molar-refractivity contribution in [1.29, 1.82) is 0 Å². The summed E-state index contributed by atoms with van der Waals surface area (Å²) < 4.78 is 0.211. The normalized spacial score (nSPS) is 12.0. The highest BCUT2D eigenvalue weighted by molar-refractivity contribution is 14.0. The summed E-state index contributed by atoms with van der Waals surface area (Å²) in [5, 5.41) is 10.1. The van der Waals surface area contributed by atoms with Crippen LogP contribution in [0.3, 0.4) is 0 Å². The minimum Gasteiger partial charge on any atom is -0.356 e. The fourth-order valence-corrected chi connectivity index (χ4v) is 2.52. The fraction of sp³-hybridized carbons (Fsp3) is 0.714. The lowest BCUT2D eigenvalue weighted by atomic mass is 10.2. The second-order valence-corrected chi connectivity index (χ2v) is 7.61. The van der Waals surface area contributed by atoms with Crippen LogP contribution in [0.4, 0.5) is 0 Å². The number of aliphatic imine (C=N–C) groups is 1. The summed E-state index contributed by atoms with van der Waals surface area (Å²) in [6, 6.07) is 0. The van der Waals surface area contributed by atoms with Gasteiger partial charge in [0, 0.05) is 36.7 Å². The molecule has 0 spiro atoms. The molecule has 0 aliphatic rings. The van der Waals surface area contributed by atoms with Crippen molar-refractivity contribution in [3.8, 4) is 0 Å². The minimum atomic E-state index is 0. The summed E-state index contributed by atoms with van der Waals surface area (Å²) in [6.07, 6.45) is 4.08. The van der Waals surface area contributed by atoms with Gasteiger partial charge in [-0.1, -0.05) is 6.92 Å². The van der Waals surface area contributed by atoms with Gasteiger partial charge < -0.3 is 10.6 Å². The van der Waals surface area contributed by atoms with Crippen LogP contribution in [0.1, 0.15) is 31.5 Å². The van der Waals surface area contributed by atoms with Gasteiger partial charge in [0.2, 0.25) is 0 Å². The Labute approximate surface area is 154 Å². The Morgan fingerprint density at radius 2 is 2.14 bits per heavy atom. The summed E-state index contributed by atoms with van der Waals surface area (Å²) in [4.78, 5) is 8.81. The highest BCUT2D eigenvalue weighted by Gasteiger charge is 2.15. The third-order valence-corrected chi connectivity index (χ3v) is 5.32. The van der Waals surface area contributed by atoms with Gasteiger partial charge in [-0.15, -0.1) is 35.3 Å². The van der Waals surface area contributed by atoms with Crippen LogP contribution in [-0.2, 0) is 12.8 Å². The molecule has 1 heterocycles. The standard InChI is InChI=1S/C14H26N4S2.HI/c1-6-12-18-11(9-20-12)7-8-16-13(15-4)17-10-14(2,3)19-5;/h9H,6-8,10H2,1-5H3,(H2,15,16,17);1H. The molecule has 1 aromatic rings. The maximum atomic E-state index is 4.56. The molecule has 0 aromatic carbocycles. The number of aromatic nitrogens is 1. The van der Waals surface area contributed by atoms with E-state index in [2.05, 4.69) is 53.0 Å². The van der Waals surface area contributed by atoms with Gasteiger partial charge in [0.15, 0.2) is 5.96 Å². The summed E-state index contributed by atoms with van der Waals surface area (Å²) in [5.41, 5.74) is 1.17. The molecule has 4 nitrogen and oxygen atoms in total. The third kappa shape index (κ3) is 8.25. The first kappa shape index (κ1) is 21.0. The molecule has 0 fully saturated rings. The van der Waals surface area contributed by atoms with Gasteiger partial charge in [-0.3, -0.25) is 4.99 Å². The molecule has 122 valence electrons. The van der Waals surface area contributed by atoms with Crippen LogP contribution in [0.5, 0.6) is 0 Å². The topological polar surface area (TPSA) is 49.3 Å². The number of hydrogen-bond donors (Lipinski definition) is 2. The predicted molar refractivity (Wildman–Crippen MR) is 108 cm³/mol. The lowest BCUT2D eigenvalue weighted by molar-refractivity contribution is 0.663. The summed E-state index contributed by atoms with van der Waals surface area (Å²) >= 11 is 3.59. The highest BCUT2D eigenvalue weighted by Crippen LogP contribution is 2.19. The van der Waals surface area contributed by atoms with Gasteiger partial charge in [-0.2, -0.15) is 11.8 Å². The van der Waals surface area contributed by atoms with E-state index in [1.165, 1.54) is 10.7 Å².